The van der Waals surface area contributed by atoms with Crippen molar-refractivity contribution in [2.24, 2.45) is 0 Å². The first-order chi connectivity index (χ1) is 11.2. The summed E-state index contributed by atoms with van der Waals surface area (Å²) in [5, 5.41) is 34.7. The normalized spacial score (nSPS) is 10.3. The van der Waals surface area contributed by atoms with Crippen LogP contribution in [0, 0.1) is 0 Å². The monoisotopic (exact) mass is 320 g/mol. The standard InChI is InChI=1S/C10H14O3.C8H10O2/c11-6-10(7-12)13-8-9-4-2-1-3-5-9;9-5-7-1-2-8(6-10)4-3-7/h1-5,10-12H,6-8H2;1-4,9-10H,5-6H2. The van der Waals surface area contributed by atoms with Crippen LogP contribution in [0.4, 0.5) is 0 Å². The van der Waals surface area contributed by atoms with E-state index >= 15 is 0 Å². The number of rotatable bonds is 7. The Morgan fingerprint density at radius 3 is 1.52 bits per heavy atom. The molecule has 0 bridgehead atoms. The van der Waals surface area contributed by atoms with Gasteiger partial charge in [-0.05, 0) is 16.7 Å². The van der Waals surface area contributed by atoms with Gasteiger partial charge in [0.05, 0.1) is 33.0 Å². The molecule has 2 aromatic rings. The van der Waals surface area contributed by atoms with Gasteiger partial charge >= 0.3 is 0 Å². The Bertz CT molecular complexity index is 486. The van der Waals surface area contributed by atoms with Crippen LogP contribution in [-0.2, 0) is 24.6 Å². The van der Waals surface area contributed by atoms with Gasteiger partial charge in [-0.3, -0.25) is 0 Å². The van der Waals surface area contributed by atoms with Crippen molar-refractivity contribution in [3.05, 3.63) is 71.3 Å². The summed E-state index contributed by atoms with van der Waals surface area (Å²) in [6.07, 6.45) is -0.472. The summed E-state index contributed by atoms with van der Waals surface area (Å²) in [6.45, 7) is 0.247. The fraction of sp³-hybridized carbons (Fsp3) is 0.333. The minimum atomic E-state index is -0.472. The molecule has 0 atom stereocenters. The van der Waals surface area contributed by atoms with E-state index in [-0.39, 0.29) is 26.4 Å². The molecule has 0 aliphatic rings. The Kier molecular flexibility index (Phi) is 9.86. The van der Waals surface area contributed by atoms with E-state index in [4.69, 9.17) is 25.2 Å². The summed E-state index contributed by atoms with van der Waals surface area (Å²) in [4.78, 5) is 0. The van der Waals surface area contributed by atoms with Gasteiger partial charge in [-0.1, -0.05) is 54.6 Å². The molecule has 23 heavy (non-hydrogen) atoms. The van der Waals surface area contributed by atoms with Crippen molar-refractivity contribution in [1.29, 1.82) is 0 Å². The highest BCUT2D eigenvalue weighted by Gasteiger charge is 2.04. The molecule has 0 heterocycles. The number of aliphatic hydroxyl groups excluding tert-OH is 4. The first-order valence-electron chi connectivity index (χ1n) is 7.40. The van der Waals surface area contributed by atoms with Crippen molar-refractivity contribution in [2.75, 3.05) is 13.2 Å². The van der Waals surface area contributed by atoms with E-state index in [1.54, 1.807) is 24.3 Å². The largest absolute Gasteiger partial charge is 0.394 e. The summed E-state index contributed by atoms with van der Waals surface area (Å²) in [5.74, 6) is 0. The average Bonchev–Trinajstić information content (AvgIpc) is 2.64. The van der Waals surface area contributed by atoms with E-state index in [2.05, 4.69) is 0 Å². The van der Waals surface area contributed by atoms with Crippen molar-refractivity contribution >= 4 is 0 Å². The van der Waals surface area contributed by atoms with Crippen LogP contribution in [0.25, 0.3) is 0 Å². The Balaban J connectivity index is 0.000000238. The molecule has 2 rings (SSSR count). The molecule has 0 fully saturated rings. The molecule has 0 saturated heterocycles. The molecule has 5 nitrogen and oxygen atoms in total. The fourth-order valence-electron chi connectivity index (χ4n) is 1.70. The van der Waals surface area contributed by atoms with Crippen molar-refractivity contribution < 1.29 is 25.2 Å². The van der Waals surface area contributed by atoms with Gasteiger partial charge in [0, 0.05) is 0 Å². The Morgan fingerprint density at radius 1 is 0.652 bits per heavy atom. The first kappa shape index (κ1) is 19.3. The molecule has 0 aromatic heterocycles. The molecular weight excluding hydrogens is 296 g/mol. The molecule has 0 aliphatic heterocycles. The van der Waals surface area contributed by atoms with Gasteiger partial charge in [0.25, 0.3) is 0 Å². The van der Waals surface area contributed by atoms with Crippen molar-refractivity contribution in [3.8, 4) is 0 Å². The summed E-state index contributed by atoms with van der Waals surface area (Å²) in [6, 6.07) is 16.8. The van der Waals surface area contributed by atoms with Crippen LogP contribution < -0.4 is 0 Å². The number of ether oxygens (including phenoxy) is 1. The van der Waals surface area contributed by atoms with Crippen LogP contribution in [0.2, 0.25) is 0 Å². The lowest BCUT2D eigenvalue weighted by atomic mass is 10.1. The minimum Gasteiger partial charge on any atom is -0.394 e. The molecule has 5 heteroatoms. The molecule has 0 spiro atoms. The highest BCUT2D eigenvalue weighted by molar-refractivity contribution is 5.21. The van der Waals surface area contributed by atoms with Crippen LogP contribution in [0.1, 0.15) is 16.7 Å². The van der Waals surface area contributed by atoms with Gasteiger partial charge in [0.2, 0.25) is 0 Å². The van der Waals surface area contributed by atoms with Gasteiger partial charge in [-0.25, -0.2) is 0 Å². The fourth-order valence-corrected chi connectivity index (χ4v) is 1.70. The smallest absolute Gasteiger partial charge is 0.104 e. The van der Waals surface area contributed by atoms with Gasteiger partial charge < -0.3 is 25.2 Å². The second kappa shape index (κ2) is 11.8. The number of hydrogen-bond acceptors (Lipinski definition) is 5. The third-order valence-corrected chi connectivity index (χ3v) is 3.12. The average molecular weight is 320 g/mol. The topological polar surface area (TPSA) is 90.2 Å². The highest BCUT2D eigenvalue weighted by Crippen LogP contribution is 2.03. The quantitative estimate of drug-likeness (QED) is 0.616. The van der Waals surface area contributed by atoms with Crippen LogP contribution in [0.15, 0.2) is 54.6 Å². The number of aliphatic hydroxyl groups is 4. The van der Waals surface area contributed by atoms with Crippen molar-refractivity contribution in [2.45, 2.75) is 25.9 Å². The maximum atomic E-state index is 8.72. The molecule has 0 aliphatic carbocycles. The van der Waals surface area contributed by atoms with Gasteiger partial charge in [0.1, 0.15) is 6.10 Å². The predicted octanol–water partition coefficient (Wildman–Crippen LogP) is 1.23. The Morgan fingerprint density at radius 2 is 1.13 bits per heavy atom. The lowest BCUT2D eigenvalue weighted by Gasteiger charge is -2.11. The van der Waals surface area contributed by atoms with Crippen LogP contribution in [0.3, 0.4) is 0 Å². The second-order valence-corrected chi connectivity index (χ2v) is 4.92. The molecule has 0 radical (unpaired) electrons. The van der Waals surface area contributed by atoms with E-state index in [0.717, 1.165) is 16.7 Å². The zero-order valence-electron chi connectivity index (χ0n) is 13.0. The van der Waals surface area contributed by atoms with Gasteiger partial charge in [-0.2, -0.15) is 0 Å². The molecule has 0 unspecified atom stereocenters. The van der Waals surface area contributed by atoms with E-state index in [1.165, 1.54) is 0 Å². The predicted molar refractivity (Wildman–Crippen MR) is 87.5 cm³/mol. The molecule has 0 amide bonds. The Hall–Kier alpha value is -1.76. The summed E-state index contributed by atoms with van der Waals surface area (Å²) in [7, 11) is 0. The second-order valence-electron chi connectivity index (χ2n) is 4.92. The summed E-state index contributed by atoms with van der Waals surface area (Å²) >= 11 is 0. The van der Waals surface area contributed by atoms with Crippen LogP contribution >= 0.6 is 0 Å². The third kappa shape index (κ3) is 7.88. The van der Waals surface area contributed by atoms with Gasteiger partial charge in [0.15, 0.2) is 0 Å². The van der Waals surface area contributed by atoms with E-state index < -0.39 is 6.10 Å². The van der Waals surface area contributed by atoms with E-state index in [0.29, 0.717) is 6.61 Å². The minimum absolute atomic E-state index is 0.0612. The Labute approximate surface area is 136 Å². The molecule has 2 aromatic carbocycles. The maximum Gasteiger partial charge on any atom is 0.104 e. The zero-order valence-corrected chi connectivity index (χ0v) is 13.0. The molecule has 0 saturated carbocycles. The lowest BCUT2D eigenvalue weighted by molar-refractivity contribution is -0.0284. The van der Waals surface area contributed by atoms with Gasteiger partial charge in [-0.15, -0.1) is 0 Å². The zero-order chi connectivity index (χ0) is 16.9. The maximum absolute atomic E-state index is 8.72. The van der Waals surface area contributed by atoms with Crippen LogP contribution in [-0.4, -0.2) is 39.7 Å². The summed E-state index contributed by atoms with van der Waals surface area (Å²) < 4.78 is 5.23. The first-order valence-corrected chi connectivity index (χ1v) is 7.40. The SMILES string of the molecule is OCC(CO)OCc1ccccc1.OCc1ccc(CO)cc1. The van der Waals surface area contributed by atoms with Crippen molar-refractivity contribution in [1.82, 2.24) is 0 Å². The van der Waals surface area contributed by atoms with E-state index in [1.807, 2.05) is 30.3 Å². The lowest BCUT2D eigenvalue weighted by Crippen LogP contribution is -2.21. The van der Waals surface area contributed by atoms with E-state index in [9.17, 15) is 0 Å². The molecular formula is C18H24O5. The van der Waals surface area contributed by atoms with Crippen molar-refractivity contribution in [3.63, 3.8) is 0 Å². The highest BCUT2D eigenvalue weighted by atomic mass is 16.5. The summed E-state index contributed by atoms with van der Waals surface area (Å²) in [5.41, 5.74) is 2.78. The number of benzene rings is 2. The molecule has 126 valence electrons. The van der Waals surface area contributed by atoms with Crippen LogP contribution in [0.5, 0.6) is 0 Å². The molecule has 4 N–H and O–H groups in total. The third-order valence-electron chi connectivity index (χ3n) is 3.12. The number of hydrogen-bond donors (Lipinski definition) is 4.